The zero-order valence-electron chi connectivity index (χ0n) is 23.3. The van der Waals surface area contributed by atoms with E-state index >= 15 is 0 Å². The highest BCUT2D eigenvalue weighted by Crippen LogP contribution is 2.28. The summed E-state index contributed by atoms with van der Waals surface area (Å²) in [6, 6.07) is 12.9. The van der Waals surface area contributed by atoms with E-state index in [2.05, 4.69) is 25.6 Å². The predicted molar refractivity (Wildman–Crippen MR) is 157 cm³/mol. The van der Waals surface area contributed by atoms with E-state index in [9.17, 15) is 39.3 Å². The highest BCUT2D eigenvalue weighted by atomic mass is 32.2. The topological polar surface area (TPSA) is 241 Å². The lowest BCUT2D eigenvalue weighted by Crippen LogP contribution is -2.44. The maximum absolute atomic E-state index is 13.7. The van der Waals surface area contributed by atoms with Crippen molar-refractivity contribution in [1.82, 2.24) is 39.3 Å². The Morgan fingerprint density at radius 3 is 1.41 bits per heavy atom. The van der Waals surface area contributed by atoms with Crippen LogP contribution in [0.15, 0.2) is 87.7 Å². The Bertz CT molecular complexity index is 2160. The van der Waals surface area contributed by atoms with Gasteiger partial charge in [0.05, 0.1) is 62.9 Å². The first-order valence-electron chi connectivity index (χ1n) is 13.1. The summed E-state index contributed by atoms with van der Waals surface area (Å²) in [6.07, 6.45) is 2.88. The maximum atomic E-state index is 13.7. The third-order valence-electron chi connectivity index (χ3n) is 6.94. The van der Waals surface area contributed by atoms with E-state index in [0.717, 1.165) is 4.76 Å². The molecular weight excluding hydrogens is 667 g/mol. The minimum atomic E-state index is -4.41. The molecule has 2 aromatic carbocycles. The van der Waals surface area contributed by atoms with Crippen molar-refractivity contribution < 1.29 is 39.1 Å². The van der Waals surface area contributed by atoms with Crippen LogP contribution >= 0.6 is 0 Å². The van der Waals surface area contributed by atoms with Gasteiger partial charge in [-0.05, 0) is 60.7 Å². The molecule has 2 N–H and O–H groups in total. The largest absolute Gasteiger partial charge is 0.294 e. The zero-order chi connectivity index (χ0) is 32.9. The fourth-order valence-electron chi connectivity index (χ4n) is 4.53. The van der Waals surface area contributed by atoms with E-state index in [-0.39, 0.29) is 63.6 Å². The Hall–Kier alpha value is -4.80. The summed E-state index contributed by atoms with van der Waals surface area (Å²) in [6.45, 7) is -0.0482. The van der Waals surface area contributed by atoms with Gasteiger partial charge >= 0.3 is 0 Å². The number of piperazine rings is 1. The summed E-state index contributed by atoms with van der Waals surface area (Å²) in [7, 11) is -12.9. The molecule has 0 unspecified atom stereocenters. The van der Waals surface area contributed by atoms with Crippen LogP contribution in [0.5, 0.6) is 0 Å². The number of sulfonamides is 1. The average molecular weight is 689 g/mol. The first-order chi connectivity index (χ1) is 21.7. The van der Waals surface area contributed by atoms with Gasteiger partial charge in [-0.2, -0.15) is 21.1 Å². The van der Waals surface area contributed by atoms with Crippen LogP contribution in [-0.4, -0.2) is 105 Å². The van der Waals surface area contributed by atoms with Crippen LogP contribution in [0.25, 0.3) is 34.2 Å². The van der Waals surface area contributed by atoms with Crippen molar-refractivity contribution in [2.75, 3.05) is 26.2 Å². The second-order valence-electron chi connectivity index (χ2n) is 9.94. The molecule has 6 rings (SSSR count). The van der Waals surface area contributed by atoms with E-state index in [1.165, 1.54) is 86.7 Å². The Labute approximate surface area is 261 Å². The molecule has 1 aliphatic heterocycles. The smallest absolute Gasteiger partial charge is 0.282 e. The molecule has 21 heteroatoms. The quantitative estimate of drug-likeness (QED) is 0.170. The Morgan fingerprint density at radius 1 is 0.609 bits per heavy atom. The SMILES string of the molecule is O=[N+]1CCN(S(=O)(=O)c2cc(-c3cn(-c4ccc(S(=O)(=O)O)cc4)nn3)nc(-c3cn(-c4ccc(S(=O)(=O)O)cc4)nn3)c2)CC1. The third-order valence-corrected chi connectivity index (χ3v) is 10.6. The van der Waals surface area contributed by atoms with Crippen molar-refractivity contribution in [3.05, 3.63) is 78.0 Å². The van der Waals surface area contributed by atoms with Crippen LogP contribution in [-0.2, 0) is 30.3 Å². The Kier molecular flexibility index (Phi) is 7.82. The molecule has 0 saturated carbocycles. The minimum Gasteiger partial charge on any atom is -0.282 e. The van der Waals surface area contributed by atoms with Gasteiger partial charge in [0.1, 0.15) is 11.4 Å². The molecule has 0 aliphatic carbocycles. The van der Waals surface area contributed by atoms with Gasteiger partial charge in [0.2, 0.25) is 23.1 Å². The van der Waals surface area contributed by atoms with Crippen molar-refractivity contribution in [3.8, 4) is 34.2 Å². The molecule has 238 valence electrons. The van der Waals surface area contributed by atoms with Gasteiger partial charge < -0.3 is 0 Å². The molecule has 0 amide bonds. The van der Waals surface area contributed by atoms with Crippen LogP contribution < -0.4 is 0 Å². The maximum Gasteiger partial charge on any atom is 0.294 e. The fraction of sp³-hybridized carbons (Fsp3) is 0.160. The molecule has 4 heterocycles. The number of nitrogens with zero attached hydrogens (tertiary/aromatic N) is 9. The summed E-state index contributed by atoms with van der Waals surface area (Å²) in [5.74, 6) is 0. The second kappa shape index (κ2) is 11.5. The number of aromatic nitrogens is 7. The zero-order valence-corrected chi connectivity index (χ0v) is 25.7. The number of pyridine rings is 1. The number of rotatable bonds is 8. The minimum absolute atomic E-state index is 0.000571. The lowest BCUT2D eigenvalue weighted by Gasteiger charge is -2.22. The molecule has 18 nitrogen and oxygen atoms in total. The molecule has 0 bridgehead atoms. The lowest BCUT2D eigenvalue weighted by molar-refractivity contribution is -0.557. The standard InChI is InChI=1S/C25H21N9O9S3/c35-31-9-11-32(12-10-31)44(36,37)21-13-22(24-15-33(29-27-24)17-1-5-19(6-2-17)45(38,39)40)26-23(14-21)25-16-34(30-28-25)18-3-7-20(8-4-18)46(41,42)43/h1-8,13-16H,9-12H2,(H-,38,39,40,41,42,43)/p+1. The van der Waals surface area contributed by atoms with E-state index in [1.54, 1.807) is 0 Å². The summed E-state index contributed by atoms with van der Waals surface area (Å²) < 4.78 is 96.0. The monoisotopic (exact) mass is 688 g/mol. The number of benzene rings is 2. The molecule has 46 heavy (non-hydrogen) atoms. The summed E-state index contributed by atoms with van der Waals surface area (Å²) in [5.41, 5.74) is 1.24. The third kappa shape index (κ3) is 6.31. The van der Waals surface area contributed by atoms with Crippen LogP contribution in [0.4, 0.5) is 0 Å². The molecule has 0 atom stereocenters. The molecule has 1 saturated heterocycles. The molecule has 5 aromatic rings. The van der Waals surface area contributed by atoms with Crippen molar-refractivity contribution >= 4 is 30.3 Å². The Morgan fingerprint density at radius 2 is 1.02 bits per heavy atom. The number of hydrogen-bond acceptors (Lipinski definition) is 12. The summed E-state index contributed by atoms with van der Waals surface area (Å²) in [4.78, 5) is 15.4. The highest BCUT2D eigenvalue weighted by molar-refractivity contribution is 7.89. The lowest BCUT2D eigenvalue weighted by atomic mass is 10.2. The van der Waals surface area contributed by atoms with Crippen LogP contribution in [0, 0.1) is 4.91 Å². The molecule has 0 radical (unpaired) electrons. The van der Waals surface area contributed by atoms with E-state index < -0.39 is 30.3 Å². The van der Waals surface area contributed by atoms with Gasteiger partial charge in [-0.1, -0.05) is 10.4 Å². The normalized spacial score (nSPS) is 14.9. The van der Waals surface area contributed by atoms with E-state index in [0.29, 0.717) is 11.4 Å². The molecular formula is C25H22N9O9S3+. The molecule has 1 fully saturated rings. The first kappa shape index (κ1) is 31.2. The van der Waals surface area contributed by atoms with Gasteiger partial charge in [-0.15, -0.1) is 10.2 Å². The van der Waals surface area contributed by atoms with Gasteiger partial charge in [-0.25, -0.2) is 22.8 Å². The van der Waals surface area contributed by atoms with Crippen LogP contribution in [0.2, 0.25) is 0 Å². The van der Waals surface area contributed by atoms with Crippen molar-refractivity contribution in [2.45, 2.75) is 14.7 Å². The molecule has 3 aromatic heterocycles. The Balaban J connectivity index is 1.40. The fourth-order valence-corrected chi connectivity index (χ4v) is 6.96. The van der Waals surface area contributed by atoms with E-state index in [1.807, 2.05) is 0 Å². The number of nitroso groups, excluding NO2 is 1. The average Bonchev–Trinajstić information content (AvgIpc) is 3.72. The van der Waals surface area contributed by atoms with Crippen LogP contribution in [0.1, 0.15) is 0 Å². The van der Waals surface area contributed by atoms with Gasteiger partial charge in [0.25, 0.3) is 20.2 Å². The number of hydrogen-bond donors (Lipinski definition) is 2. The van der Waals surface area contributed by atoms with Crippen LogP contribution in [0.3, 0.4) is 0 Å². The first-order valence-corrected chi connectivity index (χ1v) is 17.5. The van der Waals surface area contributed by atoms with Crippen molar-refractivity contribution in [2.24, 2.45) is 0 Å². The predicted octanol–water partition coefficient (Wildman–Crippen LogP) is 0.854. The summed E-state index contributed by atoms with van der Waals surface area (Å²) >= 11 is 0. The van der Waals surface area contributed by atoms with Crippen molar-refractivity contribution in [3.63, 3.8) is 0 Å². The van der Waals surface area contributed by atoms with Gasteiger partial charge in [0.15, 0.2) is 0 Å². The highest BCUT2D eigenvalue weighted by Gasteiger charge is 2.33. The van der Waals surface area contributed by atoms with Crippen molar-refractivity contribution in [1.29, 1.82) is 0 Å². The van der Waals surface area contributed by atoms with Gasteiger partial charge in [-0.3, -0.25) is 9.11 Å². The molecule has 1 aliphatic rings. The molecule has 0 spiro atoms. The van der Waals surface area contributed by atoms with E-state index in [4.69, 9.17) is 0 Å². The van der Waals surface area contributed by atoms with Gasteiger partial charge in [0, 0.05) is 9.67 Å². The second-order valence-corrected chi connectivity index (χ2v) is 14.7. The summed E-state index contributed by atoms with van der Waals surface area (Å²) in [5, 5.41) is 16.3.